The molecule has 0 aliphatic rings. The second-order valence-electron chi connectivity index (χ2n) is 13.3. The van der Waals surface area contributed by atoms with Gasteiger partial charge in [-0.15, -0.1) is 0 Å². The summed E-state index contributed by atoms with van der Waals surface area (Å²) in [5, 5.41) is 67.6. The molecule has 364 valence electrons. The van der Waals surface area contributed by atoms with E-state index in [0.29, 0.717) is 24.5 Å². The number of benzene rings is 4. The molecule has 12 N–H and O–H groups in total. The minimum Gasteiger partial charge on any atom is -0.545 e. The van der Waals surface area contributed by atoms with E-state index in [1.54, 1.807) is 70.8 Å². The maximum Gasteiger partial charge on any atom is 2.00 e. The SMILES string of the molecule is O.O.O=C([O-])c1ccc(C(=O)O)cc1.O=C([O-])c1ccc(C(=O)O)cc1.O=C([O-])c1ccc(Cn2ccc(-c3cnccn3)n2)cc1.O=C([O-])c1ccc(Cn2ccc(-c3cnccn3)n2)cc1.[Cd+2].[Cd+2].[OH3+].[OH3+]. The predicted molar refractivity (Wildman–Crippen MR) is 239 cm³/mol. The van der Waals surface area contributed by atoms with Gasteiger partial charge in [-0.2, -0.15) is 10.2 Å². The van der Waals surface area contributed by atoms with E-state index in [2.05, 4.69) is 30.1 Å². The molecule has 4 aromatic heterocycles. The molecule has 0 aliphatic carbocycles. The number of aromatic carboxylic acids is 6. The van der Waals surface area contributed by atoms with E-state index >= 15 is 0 Å². The molecule has 0 unspecified atom stereocenters. The number of hydrogen-bond acceptors (Lipinski definition) is 16. The van der Waals surface area contributed by atoms with Crippen LogP contribution in [-0.4, -0.2) is 96.5 Å². The first-order chi connectivity index (χ1) is 31.7. The first kappa shape index (κ1) is 66.0. The average molecular weight is 1190 g/mol. The van der Waals surface area contributed by atoms with Crippen LogP contribution in [0.4, 0.5) is 0 Å². The normalized spacial score (nSPS) is 9.22. The van der Waals surface area contributed by atoms with Crippen LogP contribution >= 0.6 is 0 Å². The Morgan fingerprint density at radius 3 is 0.903 bits per heavy atom. The molecule has 8 aromatic rings. The predicted octanol–water partition coefficient (Wildman–Crippen LogP) is -2.50. The zero-order valence-electron chi connectivity index (χ0n) is 37.5. The van der Waals surface area contributed by atoms with Gasteiger partial charge in [-0.05, 0) is 69.8 Å². The topological polar surface area (TPSA) is 451 Å². The average Bonchev–Trinajstić information content (AvgIpc) is 4.01. The van der Waals surface area contributed by atoms with Gasteiger partial charge in [0.05, 0.1) is 60.5 Å². The number of aromatic nitrogens is 8. The van der Waals surface area contributed by atoms with Gasteiger partial charge in [0.1, 0.15) is 22.8 Å². The molecule has 0 amide bonds. The van der Waals surface area contributed by atoms with Crippen molar-refractivity contribution in [3.05, 3.63) is 203 Å². The molecular formula is C46H42Cd2N8O16+2. The maximum atomic E-state index is 10.7. The van der Waals surface area contributed by atoms with Crippen LogP contribution in [0.15, 0.2) is 159 Å². The van der Waals surface area contributed by atoms with E-state index in [4.69, 9.17) is 10.2 Å². The summed E-state index contributed by atoms with van der Waals surface area (Å²) in [5.41, 5.74) is 5.21. The standard InChI is InChI=1S/2C15H12N4O2.2C8H6O4.2Cd.4H2O/c2*20-15(21)12-3-1-11(2-4-12)10-19-8-5-13(18-19)14-9-16-6-7-17-14;2*9-7(10)5-1-2-6(4-3-5)8(11)12;;;;;;/h2*1-9H,10H2,(H,20,21);2*1-4H,(H,9,10)(H,11,12);;;4*1H2/q;;;;2*+2;;;;/p-2. The molecule has 72 heavy (non-hydrogen) atoms. The van der Waals surface area contributed by atoms with Crippen molar-refractivity contribution in [3.8, 4) is 22.8 Å². The Morgan fingerprint density at radius 2 is 0.667 bits per heavy atom. The second kappa shape index (κ2) is 32.7. The van der Waals surface area contributed by atoms with Crippen molar-refractivity contribution in [1.29, 1.82) is 0 Å². The molecule has 0 bridgehead atoms. The van der Waals surface area contributed by atoms with Crippen molar-refractivity contribution >= 4 is 35.8 Å². The van der Waals surface area contributed by atoms with Gasteiger partial charge in [-0.3, -0.25) is 29.3 Å². The van der Waals surface area contributed by atoms with Crippen molar-refractivity contribution in [1.82, 2.24) is 39.5 Å². The van der Waals surface area contributed by atoms with Crippen LogP contribution in [0.5, 0.6) is 0 Å². The van der Waals surface area contributed by atoms with Crippen LogP contribution in [0.2, 0.25) is 0 Å². The van der Waals surface area contributed by atoms with Crippen LogP contribution in [-0.2, 0) is 78.6 Å². The van der Waals surface area contributed by atoms with E-state index < -0.39 is 35.8 Å². The van der Waals surface area contributed by atoms with E-state index in [1.807, 2.05) is 24.5 Å². The van der Waals surface area contributed by atoms with Crippen molar-refractivity contribution in [3.63, 3.8) is 0 Å². The zero-order chi connectivity index (χ0) is 47.6. The molecule has 8 rings (SSSR count). The molecule has 0 fully saturated rings. The summed E-state index contributed by atoms with van der Waals surface area (Å²) in [4.78, 5) is 78.9. The second-order valence-corrected chi connectivity index (χ2v) is 13.3. The Labute approximate surface area is 447 Å². The summed E-state index contributed by atoms with van der Waals surface area (Å²) in [6, 6.07) is 26.4. The third-order valence-corrected chi connectivity index (χ3v) is 8.74. The molecule has 0 spiro atoms. The van der Waals surface area contributed by atoms with E-state index in [9.17, 15) is 49.2 Å². The van der Waals surface area contributed by atoms with Gasteiger partial charge in [0.25, 0.3) is 0 Å². The van der Waals surface area contributed by atoms with E-state index in [1.165, 1.54) is 72.8 Å². The van der Waals surface area contributed by atoms with Crippen LogP contribution in [0.25, 0.3) is 22.8 Å². The summed E-state index contributed by atoms with van der Waals surface area (Å²) < 4.78 is 3.52. The molecule has 0 saturated carbocycles. The Morgan fingerprint density at radius 1 is 0.403 bits per heavy atom. The largest absolute Gasteiger partial charge is 2.00 e. The Balaban J connectivity index is 0. The number of carboxylic acids is 6. The molecule has 0 atom stereocenters. The van der Waals surface area contributed by atoms with Crippen LogP contribution in [0, 0.1) is 0 Å². The molecule has 4 heterocycles. The zero-order valence-corrected chi connectivity index (χ0v) is 45.6. The van der Waals surface area contributed by atoms with Gasteiger partial charge in [0, 0.05) is 37.2 Å². The molecule has 0 saturated heterocycles. The Bertz CT molecular complexity index is 2660. The first-order valence-corrected chi connectivity index (χ1v) is 19.0. The summed E-state index contributed by atoms with van der Waals surface area (Å²) in [6.07, 6.45) is 13.5. The number of carbonyl (C=O) groups excluding carboxylic acids is 4. The van der Waals surface area contributed by atoms with Crippen LogP contribution in [0.1, 0.15) is 73.3 Å². The quantitative estimate of drug-likeness (QED) is 0.0943. The monoisotopic (exact) mass is 1190 g/mol. The fourth-order valence-electron chi connectivity index (χ4n) is 5.40. The van der Waals surface area contributed by atoms with Gasteiger partial charge in [0.15, 0.2) is 0 Å². The Kier molecular flexibility index (Phi) is 30.0. The van der Waals surface area contributed by atoms with E-state index in [0.717, 1.165) is 22.5 Å². The number of hydrogen-bond donors (Lipinski definition) is 2. The Hall–Kier alpha value is -8.04. The molecule has 0 aliphatic heterocycles. The minimum absolute atomic E-state index is 0. The molecule has 26 heteroatoms. The molecule has 0 radical (unpaired) electrons. The number of nitrogens with zero attached hydrogens (tertiary/aromatic N) is 8. The summed E-state index contributed by atoms with van der Waals surface area (Å²) in [5.74, 6) is -7.14. The molecule has 4 aromatic carbocycles. The van der Waals surface area contributed by atoms with Crippen LogP contribution < -0.4 is 20.4 Å². The number of carbonyl (C=O) groups is 6. The summed E-state index contributed by atoms with van der Waals surface area (Å²) in [7, 11) is 0. The third-order valence-electron chi connectivity index (χ3n) is 8.74. The molecule has 24 nitrogen and oxygen atoms in total. The van der Waals surface area contributed by atoms with Crippen molar-refractivity contribution in [2.24, 2.45) is 0 Å². The van der Waals surface area contributed by atoms with Gasteiger partial charge >= 0.3 is 66.5 Å². The van der Waals surface area contributed by atoms with E-state index in [-0.39, 0.29) is 110 Å². The van der Waals surface area contributed by atoms with Crippen molar-refractivity contribution in [2.45, 2.75) is 13.1 Å². The third kappa shape index (κ3) is 20.5. The van der Waals surface area contributed by atoms with Crippen LogP contribution in [0.3, 0.4) is 0 Å². The molecular weight excluding hydrogens is 1150 g/mol. The smallest absolute Gasteiger partial charge is 0.545 e. The summed E-state index contributed by atoms with van der Waals surface area (Å²) >= 11 is 0. The fraction of sp³-hybridized carbons (Fsp3) is 0.0435. The van der Waals surface area contributed by atoms with Gasteiger partial charge < -0.3 is 71.7 Å². The number of carboxylic acid groups (broad SMARTS) is 6. The van der Waals surface area contributed by atoms with Gasteiger partial charge in [-0.1, -0.05) is 72.8 Å². The minimum atomic E-state index is -1.31. The van der Waals surface area contributed by atoms with Gasteiger partial charge in [0.2, 0.25) is 0 Å². The first-order valence-electron chi connectivity index (χ1n) is 19.0. The summed E-state index contributed by atoms with van der Waals surface area (Å²) in [6.45, 7) is 1.10. The maximum absolute atomic E-state index is 10.7. The van der Waals surface area contributed by atoms with Crippen molar-refractivity contribution < 1.29 is 136 Å². The van der Waals surface area contributed by atoms with Gasteiger partial charge in [-0.25, -0.2) is 9.59 Å². The van der Waals surface area contributed by atoms with Crippen molar-refractivity contribution in [2.75, 3.05) is 0 Å². The fourth-order valence-corrected chi connectivity index (χ4v) is 5.40. The number of rotatable bonds is 12.